The molecule has 0 bridgehead atoms. The van der Waals surface area contributed by atoms with Crippen LogP contribution in [0.1, 0.15) is 12.0 Å². The molecule has 1 fully saturated rings. The van der Waals surface area contributed by atoms with Crippen molar-refractivity contribution in [3.05, 3.63) is 70.6 Å². The Bertz CT molecular complexity index is 1140. The number of anilines is 1. The Morgan fingerprint density at radius 3 is 2.83 bits per heavy atom. The molecule has 2 heterocycles. The summed E-state index contributed by atoms with van der Waals surface area (Å²) in [4.78, 5) is 38.0. The number of amides is 2. The lowest BCUT2D eigenvalue weighted by Gasteiger charge is -2.18. The number of methoxy groups -OCH3 is 1. The van der Waals surface area contributed by atoms with Crippen LogP contribution in [0.15, 0.2) is 63.8 Å². The smallest absolute Gasteiger partial charge is 0.336 e. The Hall–Kier alpha value is -3.61. The number of fused-ring (bicyclic) bond motifs is 1. The van der Waals surface area contributed by atoms with E-state index in [1.807, 2.05) is 24.3 Å². The zero-order valence-corrected chi connectivity index (χ0v) is 15.9. The Labute approximate surface area is 166 Å². The van der Waals surface area contributed by atoms with E-state index in [-0.39, 0.29) is 18.2 Å². The Morgan fingerprint density at radius 1 is 1.17 bits per heavy atom. The lowest BCUT2D eigenvalue weighted by molar-refractivity contribution is -0.128. The van der Waals surface area contributed by atoms with Crippen LogP contribution in [0.4, 0.5) is 5.69 Å². The first-order valence-electron chi connectivity index (χ1n) is 9.28. The van der Waals surface area contributed by atoms with Gasteiger partial charge < -0.3 is 19.4 Å². The van der Waals surface area contributed by atoms with Gasteiger partial charge in [0.25, 0.3) is 0 Å². The molecule has 0 aliphatic carbocycles. The van der Waals surface area contributed by atoms with Gasteiger partial charge in [0.2, 0.25) is 11.8 Å². The van der Waals surface area contributed by atoms with Crippen LogP contribution in [0, 0.1) is 5.92 Å². The van der Waals surface area contributed by atoms with E-state index >= 15 is 0 Å². The molecule has 4 rings (SSSR count). The third-order valence-electron chi connectivity index (χ3n) is 5.03. The number of carbonyl (C=O) groups excluding carboxylic acids is 2. The molecular formula is C22H20N2O5. The number of hydrogen-bond donors (Lipinski definition) is 1. The third kappa shape index (κ3) is 3.99. The van der Waals surface area contributed by atoms with E-state index in [1.54, 1.807) is 36.3 Å². The summed E-state index contributed by atoms with van der Waals surface area (Å²) in [6.45, 7) is 0.757. The molecule has 1 N–H and O–H groups in total. The van der Waals surface area contributed by atoms with Crippen molar-refractivity contribution in [2.75, 3.05) is 19.0 Å². The Kier molecular flexibility index (Phi) is 5.03. The molecule has 7 heteroatoms. The zero-order valence-electron chi connectivity index (χ0n) is 15.9. The van der Waals surface area contributed by atoms with Gasteiger partial charge in [-0.05, 0) is 30.3 Å². The molecule has 3 aromatic rings. The highest BCUT2D eigenvalue weighted by Crippen LogP contribution is 2.26. The monoisotopic (exact) mass is 392 g/mol. The molecule has 0 spiro atoms. The van der Waals surface area contributed by atoms with Crippen molar-refractivity contribution in [2.45, 2.75) is 13.0 Å². The molecule has 1 aromatic heterocycles. The van der Waals surface area contributed by atoms with Gasteiger partial charge in [-0.1, -0.05) is 18.2 Å². The van der Waals surface area contributed by atoms with E-state index in [0.29, 0.717) is 29.7 Å². The molecule has 2 aromatic carbocycles. The van der Waals surface area contributed by atoms with Gasteiger partial charge in [0.1, 0.15) is 11.3 Å². The van der Waals surface area contributed by atoms with Crippen molar-refractivity contribution < 1.29 is 18.7 Å². The lowest BCUT2D eigenvalue weighted by Crippen LogP contribution is -2.28. The second-order valence-corrected chi connectivity index (χ2v) is 6.98. The number of para-hydroxylation sites is 1. The summed E-state index contributed by atoms with van der Waals surface area (Å²) < 4.78 is 10.4. The largest absolute Gasteiger partial charge is 0.496 e. The van der Waals surface area contributed by atoms with Gasteiger partial charge in [-0.15, -0.1) is 0 Å². The molecule has 1 saturated heterocycles. The van der Waals surface area contributed by atoms with Crippen molar-refractivity contribution in [2.24, 2.45) is 5.92 Å². The summed E-state index contributed by atoms with van der Waals surface area (Å²) in [6.07, 6.45) is 0.170. The number of ether oxygens (including phenoxy) is 1. The maximum absolute atomic E-state index is 12.7. The van der Waals surface area contributed by atoms with E-state index < -0.39 is 11.5 Å². The first-order chi connectivity index (χ1) is 14.0. The molecule has 1 aliphatic heterocycles. The SMILES string of the molecule is COc1ccccc1CN1C[C@@H](C(=O)Nc2ccc3oc(=O)ccc3c2)CC1=O. The summed E-state index contributed by atoms with van der Waals surface area (Å²) >= 11 is 0. The number of nitrogens with zero attached hydrogens (tertiary/aromatic N) is 1. The molecule has 148 valence electrons. The normalized spacial score (nSPS) is 16.2. The van der Waals surface area contributed by atoms with Crippen molar-refractivity contribution in [1.82, 2.24) is 4.90 Å². The van der Waals surface area contributed by atoms with Crippen LogP contribution in [0.2, 0.25) is 0 Å². The molecule has 7 nitrogen and oxygen atoms in total. The number of benzene rings is 2. The van der Waals surface area contributed by atoms with Gasteiger partial charge in [0.15, 0.2) is 0 Å². The van der Waals surface area contributed by atoms with E-state index in [0.717, 1.165) is 11.3 Å². The van der Waals surface area contributed by atoms with E-state index in [1.165, 1.54) is 6.07 Å². The van der Waals surface area contributed by atoms with Crippen LogP contribution in [0.3, 0.4) is 0 Å². The Balaban J connectivity index is 1.44. The fourth-order valence-electron chi connectivity index (χ4n) is 3.53. The zero-order chi connectivity index (χ0) is 20.4. The fourth-order valence-corrected chi connectivity index (χ4v) is 3.53. The molecular weight excluding hydrogens is 372 g/mol. The number of likely N-dealkylation sites (tertiary alicyclic amines) is 1. The number of rotatable bonds is 5. The van der Waals surface area contributed by atoms with Crippen molar-refractivity contribution in [3.63, 3.8) is 0 Å². The van der Waals surface area contributed by atoms with Gasteiger partial charge in [-0.2, -0.15) is 0 Å². The minimum absolute atomic E-state index is 0.0589. The molecule has 0 radical (unpaired) electrons. The highest BCUT2D eigenvalue weighted by Gasteiger charge is 2.34. The van der Waals surface area contributed by atoms with Crippen LogP contribution in [-0.4, -0.2) is 30.4 Å². The quantitative estimate of drug-likeness (QED) is 0.675. The summed E-state index contributed by atoms with van der Waals surface area (Å²) in [7, 11) is 1.59. The summed E-state index contributed by atoms with van der Waals surface area (Å²) in [5.41, 5.74) is 1.52. The highest BCUT2D eigenvalue weighted by molar-refractivity contribution is 5.98. The maximum atomic E-state index is 12.7. The van der Waals surface area contributed by atoms with Gasteiger partial charge in [0, 0.05) is 42.2 Å². The molecule has 1 atom stereocenters. The Morgan fingerprint density at radius 2 is 2.00 bits per heavy atom. The second-order valence-electron chi connectivity index (χ2n) is 6.98. The highest BCUT2D eigenvalue weighted by atomic mass is 16.5. The topological polar surface area (TPSA) is 88.8 Å². The summed E-state index contributed by atoms with van der Waals surface area (Å²) in [6, 6.07) is 15.6. The number of carbonyl (C=O) groups is 2. The minimum Gasteiger partial charge on any atom is -0.496 e. The van der Waals surface area contributed by atoms with E-state index in [4.69, 9.17) is 9.15 Å². The van der Waals surface area contributed by atoms with Crippen molar-refractivity contribution in [3.8, 4) is 5.75 Å². The van der Waals surface area contributed by atoms with Gasteiger partial charge in [0.05, 0.1) is 13.0 Å². The van der Waals surface area contributed by atoms with E-state index in [9.17, 15) is 14.4 Å². The molecule has 2 amide bonds. The first-order valence-corrected chi connectivity index (χ1v) is 9.28. The van der Waals surface area contributed by atoms with Gasteiger partial charge in [-0.25, -0.2) is 4.79 Å². The van der Waals surface area contributed by atoms with Crippen LogP contribution in [-0.2, 0) is 16.1 Å². The standard InChI is InChI=1S/C22H20N2O5/c1-28-18-5-3-2-4-15(18)12-24-13-16(11-20(24)25)22(27)23-17-7-8-19-14(10-17)6-9-21(26)29-19/h2-10,16H,11-13H2,1H3,(H,23,27)/t16-/m0/s1. The predicted molar refractivity (Wildman–Crippen MR) is 108 cm³/mol. The number of hydrogen-bond acceptors (Lipinski definition) is 5. The first kappa shape index (κ1) is 18.7. The molecule has 0 unspecified atom stereocenters. The number of nitrogens with one attached hydrogen (secondary N) is 1. The summed E-state index contributed by atoms with van der Waals surface area (Å²) in [5.74, 6) is 0.0200. The van der Waals surface area contributed by atoms with Crippen LogP contribution >= 0.6 is 0 Å². The third-order valence-corrected chi connectivity index (χ3v) is 5.03. The van der Waals surface area contributed by atoms with Crippen LogP contribution < -0.4 is 15.7 Å². The van der Waals surface area contributed by atoms with Crippen molar-refractivity contribution in [1.29, 1.82) is 0 Å². The average molecular weight is 392 g/mol. The second kappa shape index (κ2) is 7.79. The van der Waals surface area contributed by atoms with Gasteiger partial charge >= 0.3 is 5.63 Å². The summed E-state index contributed by atoms with van der Waals surface area (Å²) in [5, 5.41) is 3.57. The van der Waals surface area contributed by atoms with Crippen molar-refractivity contribution >= 4 is 28.5 Å². The predicted octanol–water partition coefficient (Wildman–Crippen LogP) is 2.79. The molecule has 0 saturated carbocycles. The van der Waals surface area contributed by atoms with Gasteiger partial charge in [-0.3, -0.25) is 9.59 Å². The maximum Gasteiger partial charge on any atom is 0.336 e. The van der Waals surface area contributed by atoms with Crippen LogP contribution in [0.5, 0.6) is 5.75 Å². The fraction of sp³-hybridized carbons (Fsp3) is 0.227. The van der Waals surface area contributed by atoms with E-state index in [2.05, 4.69) is 5.32 Å². The molecule has 29 heavy (non-hydrogen) atoms. The average Bonchev–Trinajstić information content (AvgIpc) is 3.09. The molecule has 1 aliphatic rings. The minimum atomic E-state index is -0.429. The lowest BCUT2D eigenvalue weighted by atomic mass is 10.1. The van der Waals surface area contributed by atoms with Crippen LogP contribution in [0.25, 0.3) is 11.0 Å².